The van der Waals surface area contributed by atoms with E-state index in [1.54, 1.807) is 7.11 Å². The maximum Gasteiger partial charge on any atom is 0.416 e. The number of alkyl halides is 6. The zero-order valence-electron chi connectivity index (χ0n) is 16.5. The summed E-state index contributed by atoms with van der Waals surface area (Å²) < 4.78 is 83.1. The Hall–Kier alpha value is -2.91. The number of methoxy groups -OCH3 is 1. The van der Waals surface area contributed by atoms with Crippen molar-refractivity contribution >= 4 is 11.6 Å². The molecule has 168 valence electrons. The van der Waals surface area contributed by atoms with Gasteiger partial charge in [0.25, 0.3) is 5.91 Å². The van der Waals surface area contributed by atoms with Crippen molar-refractivity contribution in [1.29, 1.82) is 0 Å². The van der Waals surface area contributed by atoms with Crippen molar-refractivity contribution in [3.05, 3.63) is 59.2 Å². The Morgan fingerprint density at radius 1 is 0.935 bits per heavy atom. The highest BCUT2D eigenvalue weighted by Crippen LogP contribution is 2.36. The van der Waals surface area contributed by atoms with Crippen molar-refractivity contribution in [2.45, 2.75) is 31.2 Å². The third-order valence-electron chi connectivity index (χ3n) is 5.12. The van der Waals surface area contributed by atoms with Crippen LogP contribution in [0.25, 0.3) is 0 Å². The molecule has 1 aliphatic rings. The minimum absolute atomic E-state index is 0.00409. The van der Waals surface area contributed by atoms with Crippen LogP contribution in [0.15, 0.2) is 42.5 Å². The van der Waals surface area contributed by atoms with E-state index in [2.05, 4.69) is 10.2 Å². The van der Waals surface area contributed by atoms with Crippen molar-refractivity contribution in [2.75, 3.05) is 25.1 Å². The lowest BCUT2D eigenvalue weighted by molar-refractivity contribution is -0.143. The van der Waals surface area contributed by atoms with Crippen LogP contribution < -0.4 is 15.0 Å². The van der Waals surface area contributed by atoms with Gasteiger partial charge in [-0.3, -0.25) is 4.79 Å². The zero-order chi connectivity index (χ0) is 22.8. The third kappa shape index (κ3) is 5.62. The Balaban J connectivity index is 1.68. The molecule has 10 heteroatoms. The van der Waals surface area contributed by atoms with E-state index >= 15 is 0 Å². The Bertz CT molecular complexity index is 885. The topological polar surface area (TPSA) is 41.6 Å². The van der Waals surface area contributed by atoms with Crippen molar-refractivity contribution in [3.63, 3.8) is 0 Å². The van der Waals surface area contributed by atoms with Gasteiger partial charge in [-0.1, -0.05) is 0 Å². The quantitative estimate of drug-likeness (QED) is 0.662. The van der Waals surface area contributed by atoms with Crippen molar-refractivity contribution in [2.24, 2.45) is 0 Å². The average molecular weight is 446 g/mol. The summed E-state index contributed by atoms with van der Waals surface area (Å²) in [5.41, 5.74) is -2.73. The Kier molecular flexibility index (Phi) is 6.38. The van der Waals surface area contributed by atoms with Crippen LogP contribution in [0, 0.1) is 0 Å². The fourth-order valence-electron chi connectivity index (χ4n) is 3.43. The molecule has 1 fully saturated rings. The van der Waals surface area contributed by atoms with Gasteiger partial charge in [0.15, 0.2) is 0 Å². The van der Waals surface area contributed by atoms with E-state index in [-0.39, 0.29) is 12.1 Å². The Morgan fingerprint density at radius 2 is 1.45 bits per heavy atom. The van der Waals surface area contributed by atoms with E-state index in [4.69, 9.17) is 4.74 Å². The van der Waals surface area contributed by atoms with Crippen molar-refractivity contribution in [1.82, 2.24) is 5.32 Å². The number of piperidine rings is 1. The van der Waals surface area contributed by atoms with Gasteiger partial charge in [-0.15, -0.1) is 0 Å². The smallest absolute Gasteiger partial charge is 0.416 e. The number of amides is 1. The minimum Gasteiger partial charge on any atom is -0.497 e. The molecule has 2 aromatic rings. The first kappa shape index (κ1) is 22.8. The molecule has 0 aliphatic carbocycles. The van der Waals surface area contributed by atoms with Crippen LogP contribution in [0.1, 0.15) is 34.3 Å². The Morgan fingerprint density at radius 3 is 1.90 bits per heavy atom. The number of nitrogens with one attached hydrogen (secondary N) is 1. The molecular formula is C21H20F6N2O2. The molecule has 2 aromatic carbocycles. The highest BCUT2D eigenvalue weighted by molar-refractivity contribution is 5.94. The molecule has 0 saturated carbocycles. The first-order valence-electron chi connectivity index (χ1n) is 9.47. The molecule has 0 spiro atoms. The monoisotopic (exact) mass is 446 g/mol. The number of carbonyl (C=O) groups excluding carboxylic acids is 1. The molecule has 1 N–H and O–H groups in total. The number of ether oxygens (including phenoxy) is 1. The van der Waals surface area contributed by atoms with Gasteiger partial charge in [0.2, 0.25) is 0 Å². The average Bonchev–Trinajstić information content (AvgIpc) is 2.73. The number of hydrogen-bond donors (Lipinski definition) is 1. The molecule has 0 aromatic heterocycles. The van der Waals surface area contributed by atoms with E-state index in [9.17, 15) is 31.1 Å². The van der Waals surface area contributed by atoms with Crippen LogP contribution in [0.3, 0.4) is 0 Å². The number of rotatable bonds is 4. The van der Waals surface area contributed by atoms with Crippen molar-refractivity contribution < 1.29 is 35.9 Å². The van der Waals surface area contributed by atoms with Gasteiger partial charge in [-0.25, -0.2) is 0 Å². The number of hydrogen-bond acceptors (Lipinski definition) is 3. The number of benzene rings is 2. The van der Waals surface area contributed by atoms with Crippen LogP contribution >= 0.6 is 0 Å². The third-order valence-corrected chi connectivity index (χ3v) is 5.12. The summed E-state index contributed by atoms with van der Waals surface area (Å²) in [5, 5.41) is 2.56. The lowest BCUT2D eigenvalue weighted by Gasteiger charge is -2.34. The zero-order valence-corrected chi connectivity index (χ0v) is 16.5. The van der Waals surface area contributed by atoms with E-state index in [1.165, 1.54) is 0 Å². The summed E-state index contributed by atoms with van der Waals surface area (Å²) in [6.45, 7) is 1.15. The molecule has 1 saturated heterocycles. The second-order valence-corrected chi connectivity index (χ2v) is 7.23. The maximum atomic E-state index is 13.0. The number of anilines is 1. The predicted molar refractivity (Wildman–Crippen MR) is 102 cm³/mol. The number of nitrogens with zero attached hydrogens (tertiary/aromatic N) is 1. The fourth-order valence-corrected chi connectivity index (χ4v) is 3.43. The summed E-state index contributed by atoms with van der Waals surface area (Å²) >= 11 is 0. The van der Waals surface area contributed by atoms with Crippen LogP contribution in [0.2, 0.25) is 0 Å². The molecule has 1 amide bonds. The molecule has 0 radical (unpaired) electrons. The molecule has 0 unspecified atom stereocenters. The predicted octanol–water partition coefficient (Wildman–Crippen LogP) is 5.13. The maximum absolute atomic E-state index is 13.0. The molecule has 0 bridgehead atoms. The molecule has 1 aliphatic heterocycles. The number of carbonyl (C=O) groups is 1. The molecule has 31 heavy (non-hydrogen) atoms. The van der Waals surface area contributed by atoms with E-state index in [0.29, 0.717) is 43.8 Å². The lowest BCUT2D eigenvalue weighted by atomic mass is 10.0. The second kappa shape index (κ2) is 8.68. The molecule has 3 rings (SSSR count). The second-order valence-electron chi connectivity index (χ2n) is 7.23. The van der Waals surface area contributed by atoms with Crippen LogP contribution in [0.5, 0.6) is 5.75 Å². The van der Waals surface area contributed by atoms with Gasteiger partial charge in [0, 0.05) is 30.4 Å². The standard InChI is InChI=1S/C21H20F6N2O2/c1-31-18-4-2-17(3-5-18)29-8-6-16(7-9-29)28-19(30)13-10-14(20(22,23)24)12-15(11-13)21(25,26)27/h2-5,10-12,16H,6-9H2,1H3,(H,28,30). The summed E-state index contributed by atoms with van der Waals surface area (Å²) in [4.78, 5) is 14.5. The fraction of sp³-hybridized carbons (Fsp3) is 0.381. The SMILES string of the molecule is COc1ccc(N2CCC(NC(=O)c3cc(C(F)(F)F)cc(C(F)(F)F)c3)CC2)cc1. The van der Waals surface area contributed by atoms with Gasteiger partial charge in [-0.05, 0) is 55.3 Å². The van der Waals surface area contributed by atoms with Gasteiger partial charge in [0.05, 0.1) is 18.2 Å². The van der Waals surface area contributed by atoms with E-state index in [0.717, 1.165) is 5.69 Å². The summed E-state index contributed by atoms with van der Waals surface area (Å²) in [5.74, 6) is -0.246. The molecule has 4 nitrogen and oxygen atoms in total. The molecular weight excluding hydrogens is 426 g/mol. The Labute approximate surface area is 174 Å². The van der Waals surface area contributed by atoms with Crippen LogP contribution in [-0.2, 0) is 12.4 Å². The van der Waals surface area contributed by atoms with Gasteiger partial charge < -0.3 is 15.0 Å². The summed E-state index contributed by atoms with van der Waals surface area (Å²) in [6.07, 6.45) is -8.99. The normalized spacial score (nSPS) is 15.6. The first-order valence-corrected chi connectivity index (χ1v) is 9.47. The largest absolute Gasteiger partial charge is 0.497 e. The molecule has 1 heterocycles. The van der Waals surface area contributed by atoms with E-state index < -0.39 is 35.0 Å². The highest BCUT2D eigenvalue weighted by atomic mass is 19.4. The van der Waals surface area contributed by atoms with Crippen LogP contribution in [0.4, 0.5) is 32.0 Å². The van der Waals surface area contributed by atoms with Gasteiger partial charge in [0.1, 0.15) is 5.75 Å². The highest BCUT2D eigenvalue weighted by Gasteiger charge is 2.37. The summed E-state index contributed by atoms with van der Waals surface area (Å²) in [6, 6.07) is 7.94. The van der Waals surface area contributed by atoms with Gasteiger partial charge in [-0.2, -0.15) is 26.3 Å². The lowest BCUT2D eigenvalue weighted by Crippen LogP contribution is -2.44. The van der Waals surface area contributed by atoms with E-state index in [1.807, 2.05) is 24.3 Å². The molecule has 0 atom stereocenters. The minimum atomic E-state index is -5.00. The summed E-state index contributed by atoms with van der Waals surface area (Å²) in [7, 11) is 1.56. The first-order chi connectivity index (χ1) is 14.5. The van der Waals surface area contributed by atoms with Crippen LogP contribution in [-0.4, -0.2) is 32.1 Å². The van der Waals surface area contributed by atoms with Gasteiger partial charge >= 0.3 is 12.4 Å². The van der Waals surface area contributed by atoms with Crippen molar-refractivity contribution in [3.8, 4) is 5.75 Å². The number of halogens is 6.